The van der Waals surface area contributed by atoms with Crippen LogP contribution in [0.3, 0.4) is 0 Å². The number of hydrogen-bond acceptors (Lipinski definition) is 5. The molecule has 2 N–H and O–H groups in total. The first kappa shape index (κ1) is 23.7. The second-order valence-electron chi connectivity index (χ2n) is 7.72. The van der Waals surface area contributed by atoms with Gasteiger partial charge in [0.15, 0.2) is 5.69 Å². The number of H-pyrrole nitrogens is 1. The van der Waals surface area contributed by atoms with Crippen molar-refractivity contribution in [3.05, 3.63) is 82.3 Å². The van der Waals surface area contributed by atoms with Gasteiger partial charge in [-0.2, -0.15) is 0 Å². The number of nitrogens with one attached hydrogen (secondary N) is 1. The van der Waals surface area contributed by atoms with Crippen molar-refractivity contribution in [3.8, 4) is 5.88 Å². The molecule has 4 aromatic rings. The predicted molar refractivity (Wildman–Crippen MR) is 134 cm³/mol. The Morgan fingerprint density at radius 3 is 2.47 bits per heavy atom. The molecule has 0 aliphatic carbocycles. The first-order valence-electron chi connectivity index (χ1n) is 10.3. The summed E-state index contributed by atoms with van der Waals surface area (Å²) in [6.07, 6.45) is 0. The molecule has 0 radical (unpaired) electrons. The zero-order chi connectivity index (χ0) is 24.5. The summed E-state index contributed by atoms with van der Waals surface area (Å²) >= 11 is 3.36. The molecule has 0 spiro atoms. The normalized spacial score (nSPS) is 11.9. The van der Waals surface area contributed by atoms with Crippen LogP contribution in [0.2, 0.25) is 0 Å². The molecule has 10 heteroatoms. The fourth-order valence-corrected chi connectivity index (χ4v) is 5.32. The highest BCUT2D eigenvalue weighted by atomic mass is 79.9. The third-order valence-electron chi connectivity index (χ3n) is 5.25. The highest BCUT2D eigenvalue weighted by molar-refractivity contribution is 9.10. The van der Waals surface area contributed by atoms with Crippen molar-refractivity contribution in [2.45, 2.75) is 18.7 Å². The molecule has 0 saturated carbocycles. The van der Waals surface area contributed by atoms with Gasteiger partial charge in [-0.05, 0) is 55.8 Å². The van der Waals surface area contributed by atoms with E-state index in [1.165, 1.54) is 12.1 Å². The minimum absolute atomic E-state index is 0.0604. The molecular formula is C24H21BrN4O4S. The van der Waals surface area contributed by atoms with Crippen molar-refractivity contribution in [1.29, 1.82) is 0 Å². The largest absolute Gasteiger partial charge is 0.493 e. The fraction of sp³-hybridized carbons (Fsp3) is 0.125. The standard InChI is InChI=1S/C24H21BrN4O4S/c1-15-7-10-18(11-8-15)34(32,33)29(21-6-4-3-5-16(21)2)14-22(30)27-28-23-19-13-17(25)9-12-20(19)26-24(23)31/h3-13,26,31H,14H2,1-2H3. The average Bonchev–Trinajstić information content (AvgIpc) is 3.11. The number of azo groups is 1. The van der Waals surface area contributed by atoms with E-state index in [2.05, 4.69) is 31.1 Å². The second-order valence-corrected chi connectivity index (χ2v) is 10.5. The predicted octanol–water partition coefficient (Wildman–Crippen LogP) is 5.76. The number of aryl methyl sites for hydroxylation is 2. The van der Waals surface area contributed by atoms with Crippen LogP contribution < -0.4 is 4.31 Å². The number of aromatic hydroxyl groups is 1. The maximum Gasteiger partial charge on any atom is 0.285 e. The molecule has 1 amide bonds. The molecule has 0 unspecified atom stereocenters. The molecule has 0 atom stereocenters. The van der Waals surface area contributed by atoms with E-state index in [0.29, 0.717) is 22.2 Å². The molecule has 0 saturated heterocycles. The number of anilines is 1. The number of aromatic amines is 1. The Bertz CT molecular complexity index is 1510. The molecule has 174 valence electrons. The lowest BCUT2D eigenvalue weighted by molar-refractivity contribution is -0.116. The summed E-state index contributed by atoms with van der Waals surface area (Å²) in [6.45, 7) is 3.07. The molecule has 0 aliphatic heterocycles. The lowest BCUT2D eigenvalue weighted by Gasteiger charge is -2.24. The van der Waals surface area contributed by atoms with E-state index in [0.717, 1.165) is 14.3 Å². The summed E-state index contributed by atoms with van der Waals surface area (Å²) in [5.74, 6) is -1.03. The number of halogens is 1. The van der Waals surface area contributed by atoms with E-state index in [1.54, 1.807) is 61.5 Å². The second kappa shape index (κ2) is 9.40. The third kappa shape index (κ3) is 4.73. The molecule has 0 fully saturated rings. The monoisotopic (exact) mass is 540 g/mol. The Morgan fingerprint density at radius 2 is 1.76 bits per heavy atom. The van der Waals surface area contributed by atoms with Gasteiger partial charge in [-0.1, -0.05) is 51.8 Å². The lowest BCUT2D eigenvalue weighted by atomic mass is 10.2. The minimum atomic E-state index is -4.06. The first-order valence-corrected chi connectivity index (χ1v) is 12.5. The smallest absolute Gasteiger partial charge is 0.285 e. The van der Waals surface area contributed by atoms with Crippen LogP contribution in [-0.2, 0) is 14.8 Å². The molecule has 0 bridgehead atoms. The Kier molecular flexibility index (Phi) is 6.54. The van der Waals surface area contributed by atoms with Crippen LogP contribution in [0.4, 0.5) is 11.4 Å². The van der Waals surface area contributed by atoms with Gasteiger partial charge in [-0.15, -0.1) is 10.2 Å². The highest BCUT2D eigenvalue weighted by Crippen LogP contribution is 2.37. The van der Waals surface area contributed by atoms with Crippen LogP contribution in [0.5, 0.6) is 5.88 Å². The van der Waals surface area contributed by atoms with Gasteiger partial charge in [0.1, 0.15) is 6.54 Å². The molecule has 8 nitrogen and oxygen atoms in total. The van der Waals surface area contributed by atoms with Gasteiger partial charge in [-0.25, -0.2) is 8.42 Å². The van der Waals surface area contributed by atoms with Crippen molar-refractivity contribution in [2.75, 3.05) is 10.8 Å². The molecule has 1 aromatic heterocycles. The molecular weight excluding hydrogens is 520 g/mol. The highest BCUT2D eigenvalue weighted by Gasteiger charge is 2.28. The fourth-order valence-electron chi connectivity index (χ4n) is 3.48. The van der Waals surface area contributed by atoms with E-state index in [4.69, 9.17) is 0 Å². The number of carbonyl (C=O) groups excluding carboxylic acids is 1. The van der Waals surface area contributed by atoms with E-state index in [9.17, 15) is 18.3 Å². The summed E-state index contributed by atoms with van der Waals surface area (Å²) in [4.78, 5) is 15.6. The zero-order valence-electron chi connectivity index (χ0n) is 18.4. The van der Waals surface area contributed by atoms with E-state index in [1.807, 2.05) is 6.92 Å². The van der Waals surface area contributed by atoms with Crippen LogP contribution in [0.1, 0.15) is 11.1 Å². The first-order chi connectivity index (χ1) is 16.2. The lowest BCUT2D eigenvalue weighted by Crippen LogP contribution is -2.35. The van der Waals surface area contributed by atoms with Gasteiger partial charge in [0.25, 0.3) is 15.9 Å². The van der Waals surface area contributed by atoms with Crippen molar-refractivity contribution in [3.63, 3.8) is 0 Å². The van der Waals surface area contributed by atoms with Gasteiger partial charge in [0, 0.05) is 9.86 Å². The molecule has 0 aliphatic rings. The van der Waals surface area contributed by atoms with Crippen molar-refractivity contribution < 1.29 is 18.3 Å². The Morgan fingerprint density at radius 1 is 1.06 bits per heavy atom. The number of carbonyl (C=O) groups is 1. The van der Waals surface area contributed by atoms with E-state index in [-0.39, 0.29) is 16.5 Å². The number of amides is 1. The van der Waals surface area contributed by atoms with E-state index >= 15 is 0 Å². The van der Waals surface area contributed by atoms with Gasteiger partial charge in [0.05, 0.1) is 16.1 Å². The summed E-state index contributed by atoms with van der Waals surface area (Å²) < 4.78 is 28.8. The summed E-state index contributed by atoms with van der Waals surface area (Å²) in [5.41, 5.74) is 2.67. The molecule has 34 heavy (non-hydrogen) atoms. The number of para-hydroxylation sites is 1. The molecule has 1 heterocycles. The topological polar surface area (TPSA) is 115 Å². The van der Waals surface area contributed by atoms with Crippen LogP contribution in [0.15, 0.2) is 86.3 Å². The van der Waals surface area contributed by atoms with Crippen molar-refractivity contribution >= 4 is 54.1 Å². The average molecular weight is 541 g/mol. The maximum atomic E-state index is 13.5. The Labute approximate surface area is 205 Å². The Balaban J connectivity index is 1.69. The summed E-state index contributed by atoms with van der Waals surface area (Å²) in [7, 11) is -4.06. The number of hydrogen-bond donors (Lipinski definition) is 2. The van der Waals surface area contributed by atoms with Crippen molar-refractivity contribution in [2.24, 2.45) is 10.2 Å². The maximum absolute atomic E-state index is 13.5. The van der Waals surface area contributed by atoms with Crippen LogP contribution in [0, 0.1) is 13.8 Å². The van der Waals surface area contributed by atoms with Gasteiger partial charge >= 0.3 is 0 Å². The number of aromatic nitrogens is 1. The van der Waals surface area contributed by atoms with Crippen LogP contribution >= 0.6 is 15.9 Å². The minimum Gasteiger partial charge on any atom is -0.493 e. The third-order valence-corrected chi connectivity index (χ3v) is 7.51. The van der Waals surface area contributed by atoms with Crippen molar-refractivity contribution in [1.82, 2.24) is 4.98 Å². The number of benzene rings is 3. The van der Waals surface area contributed by atoms with Crippen LogP contribution in [0.25, 0.3) is 10.9 Å². The summed E-state index contributed by atoms with van der Waals surface area (Å²) in [6, 6.07) is 18.6. The zero-order valence-corrected chi connectivity index (χ0v) is 20.8. The number of rotatable bonds is 6. The number of fused-ring (bicyclic) bond motifs is 1. The van der Waals surface area contributed by atoms with E-state index < -0.39 is 22.5 Å². The molecule has 3 aromatic carbocycles. The Hall–Kier alpha value is -3.50. The summed E-state index contributed by atoms with van der Waals surface area (Å²) in [5, 5.41) is 18.4. The van der Waals surface area contributed by atoms with Gasteiger partial charge in [-0.3, -0.25) is 9.10 Å². The van der Waals surface area contributed by atoms with Gasteiger partial charge < -0.3 is 10.1 Å². The molecule has 4 rings (SSSR count). The number of nitrogens with zero attached hydrogens (tertiary/aromatic N) is 3. The number of sulfonamides is 1. The van der Waals surface area contributed by atoms with Crippen LogP contribution in [-0.4, -0.2) is 31.0 Å². The quantitative estimate of drug-likeness (QED) is 0.302. The SMILES string of the molecule is Cc1ccc(S(=O)(=O)N(CC(=O)N=Nc2c(O)[nH]c3ccc(Br)cc23)c2ccccc2C)cc1. The van der Waals surface area contributed by atoms with Gasteiger partial charge in [0.2, 0.25) is 5.88 Å².